The molecule has 2 unspecified atom stereocenters. The normalized spacial score (nSPS) is 34.3. The summed E-state index contributed by atoms with van der Waals surface area (Å²) in [4.78, 5) is 14.1. The molecule has 3 fully saturated rings. The monoisotopic (exact) mass is 238 g/mol. The second-order valence-electron chi connectivity index (χ2n) is 5.64. The number of nitrogens with zero attached hydrogens (tertiary/aromatic N) is 1. The van der Waals surface area contributed by atoms with Crippen LogP contribution in [-0.2, 0) is 4.74 Å². The van der Waals surface area contributed by atoms with Crippen molar-refractivity contribution >= 4 is 6.03 Å². The Balaban J connectivity index is 1.43. The fourth-order valence-electron chi connectivity index (χ4n) is 3.05. The van der Waals surface area contributed by atoms with Gasteiger partial charge in [0.05, 0.1) is 13.2 Å². The average molecular weight is 238 g/mol. The van der Waals surface area contributed by atoms with Gasteiger partial charge in [-0.3, -0.25) is 0 Å². The molecule has 17 heavy (non-hydrogen) atoms. The number of carbonyl (C=O) groups is 1. The first-order valence-corrected chi connectivity index (χ1v) is 6.93. The van der Waals surface area contributed by atoms with Crippen LogP contribution in [0.2, 0.25) is 0 Å². The van der Waals surface area contributed by atoms with E-state index in [4.69, 9.17) is 4.74 Å². The summed E-state index contributed by atoms with van der Waals surface area (Å²) in [5.41, 5.74) is 0. The lowest BCUT2D eigenvalue weighted by molar-refractivity contribution is 0.149. The van der Waals surface area contributed by atoms with Crippen LogP contribution in [0.25, 0.3) is 0 Å². The minimum absolute atomic E-state index is 0.153. The number of hydrogen-bond donors (Lipinski definition) is 1. The van der Waals surface area contributed by atoms with Crippen molar-refractivity contribution in [3.8, 4) is 0 Å². The Kier molecular flexibility index (Phi) is 2.99. The quantitative estimate of drug-likeness (QED) is 0.788. The smallest absolute Gasteiger partial charge is 0.317 e. The zero-order valence-corrected chi connectivity index (χ0v) is 10.5. The fraction of sp³-hybridized carbons (Fsp3) is 0.923. The minimum Gasteiger partial charge on any atom is -0.381 e. The Labute approximate surface area is 103 Å². The Morgan fingerprint density at radius 2 is 2.06 bits per heavy atom. The van der Waals surface area contributed by atoms with Crippen LogP contribution in [0, 0.1) is 17.8 Å². The van der Waals surface area contributed by atoms with Crippen LogP contribution in [0.3, 0.4) is 0 Å². The van der Waals surface area contributed by atoms with E-state index in [2.05, 4.69) is 12.2 Å². The predicted octanol–water partition coefficient (Wildman–Crippen LogP) is 1.46. The van der Waals surface area contributed by atoms with Crippen molar-refractivity contribution in [1.29, 1.82) is 0 Å². The summed E-state index contributed by atoms with van der Waals surface area (Å²) in [7, 11) is 0. The van der Waals surface area contributed by atoms with Gasteiger partial charge in [-0.15, -0.1) is 0 Å². The molecule has 0 aromatic rings. The lowest BCUT2D eigenvalue weighted by Crippen LogP contribution is -2.42. The average Bonchev–Trinajstić information content (AvgIpc) is 3.23. The maximum atomic E-state index is 12.1. The molecule has 0 aromatic carbocycles. The van der Waals surface area contributed by atoms with Crippen molar-refractivity contribution in [3.63, 3.8) is 0 Å². The van der Waals surface area contributed by atoms with Crippen LogP contribution in [0.4, 0.5) is 4.79 Å². The summed E-state index contributed by atoms with van der Waals surface area (Å²) in [5.74, 6) is 2.15. The molecular formula is C13H22N2O2. The van der Waals surface area contributed by atoms with Crippen molar-refractivity contribution in [2.45, 2.75) is 32.2 Å². The van der Waals surface area contributed by atoms with Gasteiger partial charge in [0.2, 0.25) is 0 Å². The van der Waals surface area contributed by atoms with Crippen LogP contribution in [0.1, 0.15) is 26.2 Å². The Morgan fingerprint density at radius 3 is 2.65 bits per heavy atom. The first-order valence-electron chi connectivity index (χ1n) is 6.93. The van der Waals surface area contributed by atoms with E-state index in [1.54, 1.807) is 0 Å². The standard InChI is InChI=1S/C13H22N2O2/c1-2-5-15(9-3-4-9)13(16)14-6-10-11-7-17-8-12(10)11/h9-12H,2-8H2,1H3,(H,14,16). The summed E-state index contributed by atoms with van der Waals surface area (Å²) in [5, 5.41) is 3.11. The van der Waals surface area contributed by atoms with Crippen molar-refractivity contribution in [2.24, 2.45) is 17.8 Å². The third-order valence-corrected chi connectivity index (χ3v) is 4.33. The van der Waals surface area contributed by atoms with Crippen molar-refractivity contribution in [2.75, 3.05) is 26.3 Å². The van der Waals surface area contributed by atoms with Crippen LogP contribution in [0.15, 0.2) is 0 Å². The molecule has 96 valence electrons. The second-order valence-corrected chi connectivity index (χ2v) is 5.64. The number of urea groups is 1. The molecule has 1 saturated heterocycles. The van der Waals surface area contributed by atoms with E-state index in [0.29, 0.717) is 12.0 Å². The van der Waals surface area contributed by atoms with E-state index >= 15 is 0 Å². The van der Waals surface area contributed by atoms with Crippen LogP contribution in [-0.4, -0.2) is 43.3 Å². The molecule has 3 rings (SSSR count). The minimum atomic E-state index is 0.153. The fourth-order valence-corrected chi connectivity index (χ4v) is 3.05. The molecule has 4 heteroatoms. The highest BCUT2D eigenvalue weighted by Gasteiger charge is 2.53. The Hall–Kier alpha value is -0.770. The molecule has 0 aromatic heterocycles. The number of fused-ring (bicyclic) bond motifs is 1. The molecule has 2 atom stereocenters. The van der Waals surface area contributed by atoms with Gasteiger partial charge in [0.15, 0.2) is 0 Å². The first-order chi connectivity index (χ1) is 8.31. The summed E-state index contributed by atoms with van der Waals surface area (Å²) in [6, 6.07) is 0.678. The Morgan fingerprint density at radius 1 is 1.35 bits per heavy atom. The SMILES string of the molecule is CCCN(C(=O)NCC1C2COCC12)C1CC1. The molecule has 2 saturated carbocycles. The summed E-state index contributed by atoms with van der Waals surface area (Å²) >= 11 is 0. The number of rotatable bonds is 5. The largest absolute Gasteiger partial charge is 0.381 e. The third kappa shape index (κ3) is 2.28. The lowest BCUT2D eigenvalue weighted by Gasteiger charge is -2.22. The number of carbonyl (C=O) groups excluding carboxylic acids is 1. The van der Waals surface area contributed by atoms with Crippen LogP contribution < -0.4 is 5.32 Å². The summed E-state index contributed by atoms with van der Waals surface area (Å²) in [6.07, 6.45) is 3.43. The Bertz CT molecular complexity index is 294. The predicted molar refractivity (Wildman–Crippen MR) is 64.7 cm³/mol. The van der Waals surface area contributed by atoms with Gasteiger partial charge >= 0.3 is 6.03 Å². The van der Waals surface area contributed by atoms with Gasteiger partial charge in [-0.2, -0.15) is 0 Å². The third-order valence-electron chi connectivity index (χ3n) is 4.33. The number of ether oxygens (including phenoxy) is 1. The number of nitrogens with one attached hydrogen (secondary N) is 1. The van der Waals surface area contributed by atoms with E-state index in [9.17, 15) is 4.79 Å². The van der Waals surface area contributed by atoms with Gasteiger partial charge in [-0.05, 0) is 37.0 Å². The van der Waals surface area contributed by atoms with Crippen molar-refractivity contribution in [3.05, 3.63) is 0 Å². The molecule has 2 aliphatic carbocycles. The molecule has 0 spiro atoms. The highest BCUT2D eigenvalue weighted by molar-refractivity contribution is 5.75. The second kappa shape index (κ2) is 4.48. The van der Waals surface area contributed by atoms with Gasteiger partial charge in [0.25, 0.3) is 0 Å². The summed E-state index contributed by atoms with van der Waals surface area (Å²) in [6.45, 7) is 5.70. The molecule has 3 aliphatic rings. The van der Waals surface area contributed by atoms with Gasteiger partial charge in [0, 0.05) is 19.1 Å². The van der Waals surface area contributed by atoms with E-state index in [1.165, 1.54) is 12.8 Å². The van der Waals surface area contributed by atoms with E-state index in [1.807, 2.05) is 4.90 Å². The van der Waals surface area contributed by atoms with Crippen LogP contribution >= 0.6 is 0 Å². The van der Waals surface area contributed by atoms with E-state index in [0.717, 1.165) is 44.6 Å². The highest BCUT2D eigenvalue weighted by Crippen LogP contribution is 2.50. The molecule has 0 bridgehead atoms. The van der Waals surface area contributed by atoms with Gasteiger partial charge in [0.1, 0.15) is 0 Å². The van der Waals surface area contributed by atoms with Crippen molar-refractivity contribution < 1.29 is 9.53 Å². The topological polar surface area (TPSA) is 41.6 Å². The molecule has 0 radical (unpaired) electrons. The maximum Gasteiger partial charge on any atom is 0.317 e. The molecular weight excluding hydrogens is 216 g/mol. The lowest BCUT2D eigenvalue weighted by atomic mass is 10.3. The maximum absolute atomic E-state index is 12.1. The molecule has 2 amide bonds. The van der Waals surface area contributed by atoms with E-state index < -0.39 is 0 Å². The number of hydrogen-bond acceptors (Lipinski definition) is 2. The zero-order chi connectivity index (χ0) is 11.8. The number of amides is 2. The van der Waals surface area contributed by atoms with E-state index in [-0.39, 0.29) is 6.03 Å². The highest BCUT2D eigenvalue weighted by atomic mass is 16.5. The molecule has 4 nitrogen and oxygen atoms in total. The summed E-state index contributed by atoms with van der Waals surface area (Å²) < 4.78 is 5.35. The van der Waals surface area contributed by atoms with Gasteiger partial charge in [-0.1, -0.05) is 6.92 Å². The first kappa shape index (κ1) is 11.3. The van der Waals surface area contributed by atoms with Gasteiger partial charge < -0.3 is 15.0 Å². The van der Waals surface area contributed by atoms with Crippen LogP contribution in [0.5, 0.6) is 0 Å². The molecule has 1 heterocycles. The van der Waals surface area contributed by atoms with Gasteiger partial charge in [-0.25, -0.2) is 4.79 Å². The molecule has 1 aliphatic heterocycles. The molecule has 1 N–H and O–H groups in total. The van der Waals surface area contributed by atoms with Crippen molar-refractivity contribution in [1.82, 2.24) is 10.2 Å². The zero-order valence-electron chi connectivity index (χ0n) is 10.5.